The molecule has 0 saturated carbocycles. The summed E-state index contributed by atoms with van der Waals surface area (Å²) in [4.78, 5) is 28.1. The number of nitrogens with zero attached hydrogens (tertiary/aromatic N) is 2. The second-order valence-electron chi connectivity index (χ2n) is 6.10. The van der Waals surface area contributed by atoms with Crippen molar-refractivity contribution in [3.8, 4) is 0 Å². The summed E-state index contributed by atoms with van der Waals surface area (Å²) in [5.74, 6) is 0.0415. The first-order valence-electron chi connectivity index (χ1n) is 8.42. The largest absolute Gasteiger partial charge is 0.379 e. The van der Waals surface area contributed by atoms with Crippen molar-refractivity contribution in [3.05, 3.63) is 30.3 Å². The number of benzene rings is 1. The van der Waals surface area contributed by atoms with Crippen molar-refractivity contribution in [2.24, 2.45) is 0 Å². The number of rotatable bonds is 5. The van der Waals surface area contributed by atoms with Crippen LogP contribution in [0, 0.1) is 0 Å². The van der Waals surface area contributed by atoms with Crippen LogP contribution >= 0.6 is 0 Å². The minimum Gasteiger partial charge on any atom is -0.379 e. The van der Waals surface area contributed by atoms with Gasteiger partial charge in [0.05, 0.1) is 19.3 Å². The molecule has 2 aliphatic rings. The Labute approximate surface area is 141 Å². The monoisotopic (exact) mass is 332 g/mol. The summed E-state index contributed by atoms with van der Waals surface area (Å²) in [6, 6.07) is 9.17. The van der Waals surface area contributed by atoms with Gasteiger partial charge in [-0.1, -0.05) is 18.2 Å². The van der Waals surface area contributed by atoms with Crippen LogP contribution in [0.3, 0.4) is 0 Å². The summed E-state index contributed by atoms with van der Waals surface area (Å²) in [6.45, 7) is 5.25. The fourth-order valence-corrected chi connectivity index (χ4v) is 3.05. The van der Waals surface area contributed by atoms with Gasteiger partial charge < -0.3 is 20.3 Å². The molecule has 2 heterocycles. The molecule has 2 N–H and O–H groups in total. The summed E-state index contributed by atoms with van der Waals surface area (Å²) in [6.07, 6.45) is 0.339. The highest BCUT2D eigenvalue weighted by Gasteiger charge is 2.31. The number of hydrogen-bond donors (Lipinski definition) is 2. The molecule has 130 valence electrons. The van der Waals surface area contributed by atoms with Gasteiger partial charge in [-0.2, -0.15) is 0 Å². The van der Waals surface area contributed by atoms with E-state index in [1.165, 1.54) is 0 Å². The number of morpholine rings is 1. The summed E-state index contributed by atoms with van der Waals surface area (Å²) >= 11 is 0. The number of para-hydroxylation sites is 1. The lowest BCUT2D eigenvalue weighted by Crippen LogP contribution is -2.46. The van der Waals surface area contributed by atoms with Crippen LogP contribution in [0.1, 0.15) is 6.42 Å². The molecule has 7 heteroatoms. The van der Waals surface area contributed by atoms with Crippen LogP contribution in [0.2, 0.25) is 0 Å². The van der Waals surface area contributed by atoms with Crippen molar-refractivity contribution in [1.82, 2.24) is 15.5 Å². The van der Waals surface area contributed by atoms with Gasteiger partial charge in [-0.05, 0) is 12.1 Å². The summed E-state index contributed by atoms with van der Waals surface area (Å²) in [5, 5.41) is 5.75. The molecular weight excluding hydrogens is 308 g/mol. The van der Waals surface area contributed by atoms with Crippen LogP contribution in [-0.4, -0.2) is 68.8 Å². The second-order valence-corrected chi connectivity index (χ2v) is 6.10. The highest BCUT2D eigenvalue weighted by atomic mass is 16.5. The van der Waals surface area contributed by atoms with E-state index in [2.05, 4.69) is 15.5 Å². The first kappa shape index (κ1) is 16.7. The molecule has 0 aliphatic carbocycles. The Morgan fingerprint density at radius 2 is 1.96 bits per heavy atom. The number of ether oxygens (including phenoxy) is 1. The number of amides is 3. The Hall–Kier alpha value is -2.12. The first-order chi connectivity index (χ1) is 11.7. The highest BCUT2D eigenvalue weighted by Crippen LogP contribution is 2.20. The topological polar surface area (TPSA) is 73.9 Å². The SMILES string of the molecule is O=C(NCCN1CCOCC1)NC1CC(=O)N(c2ccccc2)C1. The molecule has 1 unspecified atom stereocenters. The zero-order valence-electron chi connectivity index (χ0n) is 13.7. The summed E-state index contributed by atoms with van der Waals surface area (Å²) in [5.41, 5.74) is 0.875. The molecule has 0 bridgehead atoms. The molecule has 3 rings (SSSR count). The van der Waals surface area contributed by atoms with Crippen LogP contribution < -0.4 is 15.5 Å². The van der Waals surface area contributed by atoms with Gasteiger partial charge in [0.15, 0.2) is 0 Å². The molecular formula is C17H24N4O3. The van der Waals surface area contributed by atoms with Crippen molar-refractivity contribution < 1.29 is 14.3 Å². The fraction of sp³-hybridized carbons (Fsp3) is 0.529. The molecule has 1 aromatic carbocycles. The quantitative estimate of drug-likeness (QED) is 0.820. The molecule has 0 spiro atoms. The first-order valence-corrected chi connectivity index (χ1v) is 8.42. The van der Waals surface area contributed by atoms with Crippen molar-refractivity contribution in [3.63, 3.8) is 0 Å². The lowest BCUT2D eigenvalue weighted by atomic mass is 10.2. The zero-order valence-corrected chi connectivity index (χ0v) is 13.7. The van der Waals surface area contributed by atoms with E-state index in [9.17, 15) is 9.59 Å². The number of carbonyl (C=O) groups is 2. The van der Waals surface area contributed by atoms with Gasteiger partial charge in [0.2, 0.25) is 5.91 Å². The maximum atomic E-state index is 12.1. The molecule has 0 radical (unpaired) electrons. The van der Waals surface area contributed by atoms with Gasteiger partial charge in [-0.15, -0.1) is 0 Å². The van der Waals surface area contributed by atoms with E-state index >= 15 is 0 Å². The number of nitrogens with one attached hydrogen (secondary N) is 2. The molecule has 1 aromatic rings. The predicted molar refractivity (Wildman–Crippen MR) is 91.0 cm³/mol. The zero-order chi connectivity index (χ0) is 16.8. The number of carbonyl (C=O) groups excluding carboxylic acids is 2. The normalized spacial score (nSPS) is 21.8. The molecule has 24 heavy (non-hydrogen) atoms. The van der Waals surface area contributed by atoms with Crippen molar-refractivity contribution >= 4 is 17.6 Å². The van der Waals surface area contributed by atoms with Crippen LogP contribution in [0.15, 0.2) is 30.3 Å². The lowest BCUT2D eigenvalue weighted by Gasteiger charge is -2.26. The van der Waals surface area contributed by atoms with Gasteiger partial charge in [0.1, 0.15) is 0 Å². The number of hydrogen-bond acceptors (Lipinski definition) is 4. The molecule has 2 saturated heterocycles. The standard InChI is InChI=1S/C17H24N4O3/c22-16-12-14(13-21(16)15-4-2-1-3-5-15)19-17(23)18-6-7-20-8-10-24-11-9-20/h1-5,14H,6-13H2,(H2,18,19,23). The maximum Gasteiger partial charge on any atom is 0.315 e. The number of anilines is 1. The molecule has 0 aromatic heterocycles. The van der Waals surface area contributed by atoms with E-state index in [4.69, 9.17) is 4.74 Å². The molecule has 1 atom stereocenters. The van der Waals surface area contributed by atoms with Crippen LogP contribution in [0.4, 0.5) is 10.5 Å². The highest BCUT2D eigenvalue weighted by molar-refractivity contribution is 5.96. The van der Waals surface area contributed by atoms with Gasteiger partial charge in [-0.3, -0.25) is 9.69 Å². The van der Waals surface area contributed by atoms with Crippen LogP contribution in [-0.2, 0) is 9.53 Å². The van der Waals surface area contributed by atoms with Gasteiger partial charge in [-0.25, -0.2) is 4.79 Å². The van der Waals surface area contributed by atoms with E-state index in [1.807, 2.05) is 30.3 Å². The Balaban J connectivity index is 1.40. The fourth-order valence-electron chi connectivity index (χ4n) is 3.05. The maximum absolute atomic E-state index is 12.1. The Bertz CT molecular complexity index is 560. The molecule has 2 aliphatic heterocycles. The van der Waals surface area contributed by atoms with Crippen LogP contribution in [0.25, 0.3) is 0 Å². The smallest absolute Gasteiger partial charge is 0.315 e. The van der Waals surface area contributed by atoms with E-state index in [0.29, 0.717) is 19.5 Å². The van der Waals surface area contributed by atoms with E-state index in [0.717, 1.165) is 38.5 Å². The van der Waals surface area contributed by atoms with Crippen molar-refractivity contribution in [2.45, 2.75) is 12.5 Å². The molecule has 7 nitrogen and oxygen atoms in total. The lowest BCUT2D eigenvalue weighted by molar-refractivity contribution is -0.117. The van der Waals surface area contributed by atoms with Crippen LogP contribution in [0.5, 0.6) is 0 Å². The van der Waals surface area contributed by atoms with E-state index < -0.39 is 0 Å². The molecule has 2 fully saturated rings. The minimum absolute atomic E-state index is 0.0415. The minimum atomic E-state index is -0.212. The van der Waals surface area contributed by atoms with Gasteiger partial charge in [0.25, 0.3) is 0 Å². The third kappa shape index (κ3) is 4.46. The Morgan fingerprint density at radius 3 is 2.71 bits per heavy atom. The van der Waals surface area contributed by atoms with Crippen molar-refractivity contribution in [2.75, 3.05) is 50.8 Å². The summed E-state index contributed by atoms with van der Waals surface area (Å²) < 4.78 is 5.29. The van der Waals surface area contributed by atoms with E-state index in [-0.39, 0.29) is 18.0 Å². The van der Waals surface area contributed by atoms with Gasteiger partial charge >= 0.3 is 6.03 Å². The Kier molecular flexibility index (Phi) is 5.66. The average Bonchev–Trinajstić information content (AvgIpc) is 2.97. The second kappa shape index (κ2) is 8.12. The van der Waals surface area contributed by atoms with Crippen molar-refractivity contribution in [1.29, 1.82) is 0 Å². The van der Waals surface area contributed by atoms with Gasteiger partial charge in [0, 0.05) is 44.8 Å². The third-order valence-corrected chi connectivity index (χ3v) is 4.35. The molecule has 3 amide bonds. The summed E-state index contributed by atoms with van der Waals surface area (Å²) in [7, 11) is 0. The Morgan fingerprint density at radius 1 is 1.21 bits per heavy atom. The van der Waals surface area contributed by atoms with E-state index in [1.54, 1.807) is 4.90 Å². The average molecular weight is 332 g/mol. The number of urea groups is 1. The predicted octanol–water partition coefficient (Wildman–Crippen LogP) is 0.423. The third-order valence-electron chi connectivity index (χ3n) is 4.35.